The van der Waals surface area contributed by atoms with Crippen molar-refractivity contribution >= 4 is 0 Å². The Bertz CT molecular complexity index is 462. The summed E-state index contributed by atoms with van der Waals surface area (Å²) >= 11 is 0. The lowest BCUT2D eigenvalue weighted by molar-refractivity contribution is 0.628. The first-order valence-corrected chi connectivity index (χ1v) is 4.73. The Morgan fingerprint density at radius 2 is 2.20 bits per heavy atom. The van der Waals surface area contributed by atoms with Crippen LogP contribution in [0.15, 0.2) is 30.3 Å². The van der Waals surface area contributed by atoms with Gasteiger partial charge in [0.25, 0.3) is 0 Å². The standard InChI is InChI=1S/C11H12FN3/c1-7(13)10-6-11(15-14-10)8-3-2-4-9(12)5-8/h2-7H,13H2,1H3,(H,14,15). The van der Waals surface area contributed by atoms with Crippen LogP contribution >= 0.6 is 0 Å². The topological polar surface area (TPSA) is 54.7 Å². The molecule has 0 bridgehead atoms. The van der Waals surface area contributed by atoms with E-state index in [0.717, 1.165) is 11.3 Å². The Kier molecular flexibility index (Phi) is 2.51. The van der Waals surface area contributed by atoms with Gasteiger partial charge in [-0.3, -0.25) is 5.10 Å². The molecule has 0 amide bonds. The van der Waals surface area contributed by atoms with E-state index in [4.69, 9.17) is 5.73 Å². The Labute approximate surface area is 87.1 Å². The van der Waals surface area contributed by atoms with E-state index in [9.17, 15) is 4.39 Å². The summed E-state index contributed by atoms with van der Waals surface area (Å²) in [6, 6.07) is 8.05. The van der Waals surface area contributed by atoms with E-state index in [1.54, 1.807) is 6.07 Å². The van der Waals surface area contributed by atoms with E-state index in [1.807, 2.05) is 19.1 Å². The molecule has 15 heavy (non-hydrogen) atoms. The Balaban J connectivity index is 2.37. The number of benzene rings is 1. The summed E-state index contributed by atoms with van der Waals surface area (Å²) in [5, 5.41) is 6.90. The molecule has 1 aromatic carbocycles. The van der Waals surface area contributed by atoms with Crippen molar-refractivity contribution in [1.29, 1.82) is 0 Å². The minimum Gasteiger partial charge on any atom is -0.323 e. The zero-order valence-corrected chi connectivity index (χ0v) is 8.37. The highest BCUT2D eigenvalue weighted by Crippen LogP contribution is 2.20. The lowest BCUT2D eigenvalue weighted by Crippen LogP contribution is -2.04. The van der Waals surface area contributed by atoms with E-state index in [1.165, 1.54) is 12.1 Å². The molecule has 0 radical (unpaired) electrons. The second-order valence-corrected chi connectivity index (χ2v) is 3.51. The molecule has 0 aliphatic carbocycles. The number of nitrogens with one attached hydrogen (secondary N) is 1. The molecule has 1 atom stereocenters. The molecule has 0 aliphatic heterocycles. The number of nitrogens with zero attached hydrogens (tertiary/aromatic N) is 1. The van der Waals surface area contributed by atoms with E-state index >= 15 is 0 Å². The van der Waals surface area contributed by atoms with Gasteiger partial charge in [-0.2, -0.15) is 5.10 Å². The largest absolute Gasteiger partial charge is 0.323 e. The summed E-state index contributed by atoms with van der Waals surface area (Å²) in [6.45, 7) is 1.86. The van der Waals surface area contributed by atoms with E-state index in [0.29, 0.717) is 5.69 Å². The summed E-state index contributed by atoms with van der Waals surface area (Å²) in [5.74, 6) is -0.266. The fourth-order valence-electron chi connectivity index (χ4n) is 1.37. The molecule has 1 unspecified atom stereocenters. The van der Waals surface area contributed by atoms with Crippen LogP contribution in [-0.2, 0) is 0 Å². The van der Waals surface area contributed by atoms with Crippen LogP contribution in [0.4, 0.5) is 4.39 Å². The summed E-state index contributed by atoms with van der Waals surface area (Å²) in [7, 11) is 0. The molecule has 78 valence electrons. The summed E-state index contributed by atoms with van der Waals surface area (Å²) in [6.07, 6.45) is 0. The molecule has 0 spiro atoms. The molecule has 1 heterocycles. The van der Waals surface area contributed by atoms with Gasteiger partial charge < -0.3 is 5.73 Å². The number of aromatic nitrogens is 2. The highest BCUT2D eigenvalue weighted by Gasteiger charge is 2.06. The maximum Gasteiger partial charge on any atom is 0.123 e. The van der Waals surface area contributed by atoms with Gasteiger partial charge in [0.1, 0.15) is 5.82 Å². The van der Waals surface area contributed by atoms with E-state index < -0.39 is 0 Å². The third-order valence-corrected chi connectivity index (χ3v) is 2.21. The molecular formula is C11H12FN3. The highest BCUT2D eigenvalue weighted by atomic mass is 19.1. The number of nitrogens with two attached hydrogens (primary N) is 1. The Morgan fingerprint density at radius 1 is 1.40 bits per heavy atom. The average molecular weight is 205 g/mol. The second-order valence-electron chi connectivity index (χ2n) is 3.51. The first kappa shape index (κ1) is 9.86. The van der Waals surface area contributed by atoms with Gasteiger partial charge in [-0.1, -0.05) is 12.1 Å². The zero-order chi connectivity index (χ0) is 10.8. The second kappa shape index (κ2) is 3.82. The fraction of sp³-hybridized carbons (Fsp3) is 0.182. The summed E-state index contributed by atoms with van der Waals surface area (Å²) in [4.78, 5) is 0. The normalized spacial score (nSPS) is 12.7. The predicted molar refractivity (Wildman–Crippen MR) is 56.6 cm³/mol. The Hall–Kier alpha value is -1.68. The first-order chi connectivity index (χ1) is 7.16. The van der Waals surface area contributed by atoms with Gasteiger partial charge in [-0.25, -0.2) is 4.39 Å². The molecule has 2 aromatic rings. The molecule has 0 saturated heterocycles. The van der Waals surface area contributed by atoms with Crippen molar-refractivity contribution in [3.63, 3.8) is 0 Å². The summed E-state index contributed by atoms with van der Waals surface area (Å²) in [5.41, 5.74) is 7.99. The SMILES string of the molecule is CC(N)c1cc(-c2cccc(F)c2)n[nH]1. The molecule has 0 aliphatic rings. The number of hydrogen-bond donors (Lipinski definition) is 2. The predicted octanol–water partition coefficient (Wildman–Crippen LogP) is 2.24. The van der Waals surface area contributed by atoms with Crippen molar-refractivity contribution in [2.75, 3.05) is 0 Å². The van der Waals surface area contributed by atoms with Crippen LogP contribution < -0.4 is 5.73 Å². The molecule has 0 fully saturated rings. The average Bonchev–Trinajstić information content (AvgIpc) is 2.66. The van der Waals surface area contributed by atoms with Gasteiger partial charge >= 0.3 is 0 Å². The smallest absolute Gasteiger partial charge is 0.123 e. The third-order valence-electron chi connectivity index (χ3n) is 2.21. The van der Waals surface area contributed by atoms with Gasteiger partial charge in [0, 0.05) is 11.6 Å². The number of rotatable bonds is 2. The van der Waals surface area contributed by atoms with E-state index in [-0.39, 0.29) is 11.9 Å². The molecule has 3 N–H and O–H groups in total. The van der Waals surface area contributed by atoms with Gasteiger partial charge in [-0.15, -0.1) is 0 Å². The van der Waals surface area contributed by atoms with Gasteiger partial charge in [0.05, 0.1) is 11.4 Å². The Morgan fingerprint density at radius 3 is 2.80 bits per heavy atom. The molecule has 1 aromatic heterocycles. The van der Waals surface area contributed by atoms with E-state index in [2.05, 4.69) is 10.2 Å². The van der Waals surface area contributed by atoms with Gasteiger partial charge in [0.2, 0.25) is 0 Å². The molecule has 3 nitrogen and oxygen atoms in total. The van der Waals surface area contributed by atoms with Crippen molar-refractivity contribution in [2.45, 2.75) is 13.0 Å². The van der Waals surface area contributed by atoms with Crippen molar-refractivity contribution in [1.82, 2.24) is 10.2 Å². The molecular weight excluding hydrogens is 193 g/mol. The van der Waals surface area contributed by atoms with Crippen LogP contribution in [-0.4, -0.2) is 10.2 Å². The van der Waals surface area contributed by atoms with Crippen molar-refractivity contribution < 1.29 is 4.39 Å². The molecule has 0 saturated carbocycles. The lowest BCUT2D eigenvalue weighted by Gasteiger charge is -1.97. The monoisotopic (exact) mass is 205 g/mol. The van der Waals surface area contributed by atoms with Crippen molar-refractivity contribution in [3.8, 4) is 11.3 Å². The quantitative estimate of drug-likeness (QED) is 0.789. The van der Waals surface area contributed by atoms with Crippen LogP contribution in [0, 0.1) is 5.82 Å². The number of halogens is 1. The minimum atomic E-state index is -0.266. The van der Waals surface area contributed by atoms with Gasteiger partial charge in [-0.05, 0) is 25.1 Å². The third kappa shape index (κ3) is 2.05. The zero-order valence-electron chi connectivity index (χ0n) is 8.37. The molecule has 4 heteroatoms. The highest BCUT2D eigenvalue weighted by molar-refractivity contribution is 5.59. The number of H-pyrrole nitrogens is 1. The fourth-order valence-corrected chi connectivity index (χ4v) is 1.37. The first-order valence-electron chi connectivity index (χ1n) is 4.73. The van der Waals surface area contributed by atoms with Crippen LogP contribution in [0.5, 0.6) is 0 Å². The molecule has 2 rings (SSSR count). The van der Waals surface area contributed by atoms with Crippen LogP contribution in [0.25, 0.3) is 11.3 Å². The lowest BCUT2D eigenvalue weighted by atomic mass is 10.1. The van der Waals surface area contributed by atoms with Crippen molar-refractivity contribution in [2.24, 2.45) is 5.73 Å². The summed E-state index contributed by atoms with van der Waals surface area (Å²) < 4.78 is 13.0. The van der Waals surface area contributed by atoms with Crippen molar-refractivity contribution in [3.05, 3.63) is 41.8 Å². The van der Waals surface area contributed by atoms with Gasteiger partial charge in [0.15, 0.2) is 0 Å². The maximum absolute atomic E-state index is 13.0. The number of aromatic amines is 1. The minimum absolute atomic E-state index is 0.0974. The van der Waals surface area contributed by atoms with Crippen LogP contribution in [0.1, 0.15) is 18.7 Å². The number of hydrogen-bond acceptors (Lipinski definition) is 2. The van der Waals surface area contributed by atoms with Crippen LogP contribution in [0.2, 0.25) is 0 Å². The maximum atomic E-state index is 13.0. The van der Waals surface area contributed by atoms with Crippen LogP contribution in [0.3, 0.4) is 0 Å².